The van der Waals surface area contributed by atoms with Gasteiger partial charge in [-0.15, -0.1) is 0 Å². The van der Waals surface area contributed by atoms with Gasteiger partial charge in [-0.25, -0.2) is 0 Å². The zero-order chi connectivity index (χ0) is 22.0. The third kappa shape index (κ3) is 4.21. The summed E-state index contributed by atoms with van der Waals surface area (Å²) in [5, 5.41) is 0. The van der Waals surface area contributed by atoms with Gasteiger partial charge in [0.25, 0.3) is 5.91 Å². The fraction of sp³-hybridized carbons (Fsp3) is 0.520. The smallest absolute Gasteiger partial charge is 0.270 e. The molecule has 31 heavy (non-hydrogen) atoms. The molecular formula is C25H33N3O3. The molecule has 1 atom stereocenters. The van der Waals surface area contributed by atoms with Gasteiger partial charge in [0.05, 0.1) is 0 Å². The summed E-state index contributed by atoms with van der Waals surface area (Å²) in [7, 11) is 1.90. The third-order valence-electron chi connectivity index (χ3n) is 6.97. The van der Waals surface area contributed by atoms with E-state index in [0.717, 1.165) is 43.7 Å². The second-order valence-electron chi connectivity index (χ2n) is 8.79. The number of para-hydroxylation sites is 1. The molecule has 1 unspecified atom stereocenters. The number of hydrogen-bond donors (Lipinski definition) is 0. The molecule has 6 heteroatoms. The first-order valence-electron chi connectivity index (χ1n) is 11.4. The van der Waals surface area contributed by atoms with Crippen LogP contribution >= 0.6 is 0 Å². The minimum Gasteiger partial charge on any atom is -0.487 e. The number of rotatable bonds is 5. The number of aromatic nitrogens is 1. The number of hydrogen-bond acceptors (Lipinski definition) is 3. The Morgan fingerprint density at radius 2 is 1.81 bits per heavy atom. The van der Waals surface area contributed by atoms with Crippen LogP contribution in [0.5, 0.6) is 5.75 Å². The number of piperidine rings is 1. The summed E-state index contributed by atoms with van der Waals surface area (Å²) in [6.07, 6.45) is 4.80. The van der Waals surface area contributed by atoms with Crippen LogP contribution in [0.1, 0.15) is 61.5 Å². The van der Waals surface area contributed by atoms with Gasteiger partial charge >= 0.3 is 0 Å². The van der Waals surface area contributed by atoms with E-state index in [1.807, 2.05) is 71.8 Å². The van der Waals surface area contributed by atoms with E-state index >= 15 is 0 Å². The van der Waals surface area contributed by atoms with E-state index in [2.05, 4.69) is 6.07 Å². The lowest BCUT2D eigenvalue weighted by molar-refractivity contribution is -0.131. The van der Waals surface area contributed by atoms with Crippen LogP contribution in [0.25, 0.3) is 0 Å². The second kappa shape index (κ2) is 8.77. The normalized spacial score (nSPS) is 19.6. The molecule has 6 nitrogen and oxygen atoms in total. The highest BCUT2D eigenvalue weighted by Gasteiger charge is 2.44. The van der Waals surface area contributed by atoms with Gasteiger partial charge < -0.3 is 19.1 Å². The molecule has 2 aliphatic heterocycles. The zero-order valence-corrected chi connectivity index (χ0v) is 18.8. The van der Waals surface area contributed by atoms with Crippen molar-refractivity contribution >= 4 is 11.8 Å². The lowest BCUT2D eigenvalue weighted by atomic mass is 9.76. The number of nitrogens with zero attached hydrogens (tertiary/aromatic N) is 3. The number of fused-ring (bicyclic) bond motifs is 1. The molecule has 1 saturated heterocycles. The van der Waals surface area contributed by atoms with Crippen molar-refractivity contribution in [2.45, 2.75) is 51.0 Å². The number of benzene rings is 1. The molecule has 166 valence electrons. The molecule has 1 spiro atoms. The molecular weight excluding hydrogens is 390 g/mol. The van der Waals surface area contributed by atoms with Crippen molar-refractivity contribution < 1.29 is 14.3 Å². The lowest BCUT2D eigenvalue weighted by Gasteiger charge is -2.47. The maximum absolute atomic E-state index is 12.9. The van der Waals surface area contributed by atoms with Crippen molar-refractivity contribution in [3.63, 3.8) is 0 Å². The van der Waals surface area contributed by atoms with Crippen LogP contribution in [0.3, 0.4) is 0 Å². The van der Waals surface area contributed by atoms with Gasteiger partial charge in [0.15, 0.2) is 0 Å². The molecule has 1 aromatic heterocycles. The Hall–Kier alpha value is -2.76. The van der Waals surface area contributed by atoms with Crippen LogP contribution in [-0.2, 0) is 11.8 Å². The summed E-state index contributed by atoms with van der Waals surface area (Å²) < 4.78 is 8.43. The lowest BCUT2D eigenvalue weighted by Crippen LogP contribution is -2.52. The molecule has 0 aliphatic carbocycles. The highest BCUT2D eigenvalue weighted by Crippen LogP contribution is 2.46. The quantitative estimate of drug-likeness (QED) is 0.735. The van der Waals surface area contributed by atoms with Crippen LogP contribution in [0.4, 0.5) is 0 Å². The average molecular weight is 424 g/mol. The molecule has 2 amide bonds. The molecule has 0 bridgehead atoms. The Morgan fingerprint density at radius 1 is 1.10 bits per heavy atom. The van der Waals surface area contributed by atoms with E-state index in [1.165, 1.54) is 0 Å². The zero-order valence-electron chi connectivity index (χ0n) is 18.8. The van der Waals surface area contributed by atoms with Crippen molar-refractivity contribution in [1.82, 2.24) is 14.4 Å². The molecule has 2 aliphatic rings. The van der Waals surface area contributed by atoms with Crippen LogP contribution < -0.4 is 4.74 Å². The molecule has 1 fully saturated rings. The summed E-state index contributed by atoms with van der Waals surface area (Å²) in [6, 6.07) is 11.9. The Kier molecular flexibility index (Phi) is 6.08. The molecule has 0 radical (unpaired) electrons. The van der Waals surface area contributed by atoms with Gasteiger partial charge in [0.2, 0.25) is 5.91 Å². The maximum Gasteiger partial charge on any atom is 0.270 e. The highest BCUT2D eigenvalue weighted by molar-refractivity contribution is 5.92. The predicted molar refractivity (Wildman–Crippen MR) is 120 cm³/mol. The summed E-state index contributed by atoms with van der Waals surface area (Å²) in [5.74, 6) is 1.33. The molecule has 0 saturated carbocycles. The fourth-order valence-corrected chi connectivity index (χ4v) is 5.11. The van der Waals surface area contributed by atoms with E-state index in [4.69, 9.17) is 4.74 Å². The topological polar surface area (TPSA) is 54.8 Å². The summed E-state index contributed by atoms with van der Waals surface area (Å²) >= 11 is 0. The van der Waals surface area contributed by atoms with Gasteiger partial charge in [-0.3, -0.25) is 9.59 Å². The highest BCUT2D eigenvalue weighted by atomic mass is 16.5. The summed E-state index contributed by atoms with van der Waals surface area (Å²) in [5.41, 5.74) is 1.54. The van der Waals surface area contributed by atoms with Crippen molar-refractivity contribution in [2.75, 3.05) is 26.2 Å². The van der Waals surface area contributed by atoms with Crippen LogP contribution in [0.2, 0.25) is 0 Å². The van der Waals surface area contributed by atoms with Crippen molar-refractivity contribution in [2.24, 2.45) is 7.05 Å². The second-order valence-corrected chi connectivity index (χ2v) is 8.79. The van der Waals surface area contributed by atoms with E-state index in [9.17, 15) is 9.59 Å². The Bertz CT molecular complexity index is 939. The number of aryl methyl sites for hydroxylation is 1. The van der Waals surface area contributed by atoms with Crippen molar-refractivity contribution in [3.05, 3.63) is 53.9 Å². The molecule has 2 aromatic rings. The van der Waals surface area contributed by atoms with Gasteiger partial charge in [-0.2, -0.15) is 0 Å². The fourth-order valence-electron chi connectivity index (χ4n) is 5.11. The predicted octanol–water partition coefficient (Wildman–Crippen LogP) is 3.82. The Labute approximate surface area is 184 Å². The SMILES string of the molecule is CCN(CC)C(=O)CC1CC2(CCN(C(=O)c3cccn3C)CC2)Oc2ccccc21. The third-order valence-corrected chi connectivity index (χ3v) is 6.97. The number of amides is 2. The Balaban J connectivity index is 1.50. The van der Waals surface area contributed by atoms with Gasteiger partial charge in [-0.1, -0.05) is 18.2 Å². The van der Waals surface area contributed by atoms with E-state index in [0.29, 0.717) is 25.2 Å². The average Bonchev–Trinajstić information content (AvgIpc) is 3.20. The monoisotopic (exact) mass is 423 g/mol. The molecule has 3 heterocycles. The van der Waals surface area contributed by atoms with Crippen LogP contribution in [0.15, 0.2) is 42.6 Å². The van der Waals surface area contributed by atoms with Crippen LogP contribution in [-0.4, -0.2) is 58.0 Å². The maximum atomic E-state index is 12.9. The largest absolute Gasteiger partial charge is 0.487 e. The van der Waals surface area contributed by atoms with E-state index in [-0.39, 0.29) is 23.3 Å². The van der Waals surface area contributed by atoms with E-state index in [1.54, 1.807) is 0 Å². The standard InChI is InChI=1S/C25H33N3O3/c1-4-27(5-2)23(29)17-19-18-25(31-22-11-7-6-9-20(19)22)12-15-28(16-13-25)24(30)21-10-8-14-26(21)3/h6-11,14,19H,4-5,12-13,15-18H2,1-3H3. The Morgan fingerprint density at radius 3 is 2.45 bits per heavy atom. The summed E-state index contributed by atoms with van der Waals surface area (Å²) in [6.45, 7) is 6.87. The molecule has 4 rings (SSSR count). The van der Waals surface area contributed by atoms with Crippen molar-refractivity contribution in [1.29, 1.82) is 0 Å². The van der Waals surface area contributed by atoms with Gasteiger partial charge in [-0.05, 0) is 44.0 Å². The summed E-state index contributed by atoms with van der Waals surface area (Å²) in [4.78, 5) is 29.6. The number of carbonyl (C=O) groups excluding carboxylic acids is 2. The molecule has 0 N–H and O–H groups in total. The number of carbonyl (C=O) groups is 2. The van der Waals surface area contributed by atoms with Gasteiger partial charge in [0.1, 0.15) is 17.0 Å². The van der Waals surface area contributed by atoms with E-state index < -0.39 is 0 Å². The van der Waals surface area contributed by atoms with Crippen molar-refractivity contribution in [3.8, 4) is 5.75 Å². The minimum atomic E-state index is -0.312. The van der Waals surface area contributed by atoms with Crippen LogP contribution in [0, 0.1) is 0 Å². The number of likely N-dealkylation sites (tertiary alicyclic amines) is 1. The first-order valence-corrected chi connectivity index (χ1v) is 11.4. The first-order chi connectivity index (χ1) is 15.0. The first kappa shape index (κ1) is 21.5. The minimum absolute atomic E-state index is 0.0758. The molecule has 1 aromatic carbocycles. The number of ether oxygens (including phenoxy) is 1. The van der Waals surface area contributed by atoms with Gasteiger partial charge in [0, 0.05) is 64.6 Å².